The average Bonchev–Trinajstić information content (AvgIpc) is 2.39. The molecular formula is C14H15N3O3. The zero-order chi connectivity index (χ0) is 14.5. The van der Waals surface area contributed by atoms with Crippen LogP contribution >= 0.6 is 0 Å². The Bertz CT molecular complexity index is 629. The monoisotopic (exact) mass is 273 g/mol. The lowest BCUT2D eigenvalue weighted by atomic mass is 10.1. The SMILES string of the molecule is CCOc1cc(Nc2ccc(C(=O)O)c(C)c2)ncn1. The zero-order valence-electron chi connectivity index (χ0n) is 11.3. The Kier molecular flexibility index (Phi) is 4.14. The zero-order valence-corrected chi connectivity index (χ0v) is 11.3. The lowest BCUT2D eigenvalue weighted by Gasteiger charge is -2.09. The van der Waals surface area contributed by atoms with E-state index in [-0.39, 0.29) is 5.56 Å². The second kappa shape index (κ2) is 6.01. The first-order valence-electron chi connectivity index (χ1n) is 6.16. The van der Waals surface area contributed by atoms with Gasteiger partial charge in [0.05, 0.1) is 12.2 Å². The summed E-state index contributed by atoms with van der Waals surface area (Å²) < 4.78 is 5.29. The lowest BCUT2D eigenvalue weighted by Crippen LogP contribution is -2.02. The van der Waals surface area contributed by atoms with E-state index in [4.69, 9.17) is 9.84 Å². The van der Waals surface area contributed by atoms with Crippen molar-refractivity contribution in [2.24, 2.45) is 0 Å². The minimum absolute atomic E-state index is 0.285. The van der Waals surface area contributed by atoms with Crippen molar-refractivity contribution in [2.45, 2.75) is 13.8 Å². The van der Waals surface area contributed by atoms with Gasteiger partial charge in [-0.05, 0) is 37.6 Å². The Balaban J connectivity index is 2.19. The number of aromatic nitrogens is 2. The van der Waals surface area contributed by atoms with Crippen LogP contribution in [0.25, 0.3) is 0 Å². The molecule has 0 fully saturated rings. The molecule has 2 rings (SSSR count). The van der Waals surface area contributed by atoms with E-state index in [2.05, 4.69) is 15.3 Å². The second-order valence-corrected chi connectivity index (χ2v) is 4.13. The van der Waals surface area contributed by atoms with Crippen LogP contribution in [-0.2, 0) is 0 Å². The first-order chi connectivity index (χ1) is 9.60. The summed E-state index contributed by atoms with van der Waals surface area (Å²) in [6, 6.07) is 6.69. The third-order valence-corrected chi connectivity index (χ3v) is 2.66. The van der Waals surface area contributed by atoms with E-state index in [1.165, 1.54) is 6.33 Å². The number of benzene rings is 1. The van der Waals surface area contributed by atoms with E-state index in [9.17, 15) is 4.79 Å². The molecule has 6 nitrogen and oxygen atoms in total. The molecule has 0 atom stereocenters. The predicted molar refractivity (Wildman–Crippen MR) is 74.6 cm³/mol. The van der Waals surface area contributed by atoms with Gasteiger partial charge in [-0.1, -0.05) is 0 Å². The first-order valence-corrected chi connectivity index (χ1v) is 6.16. The fraction of sp³-hybridized carbons (Fsp3) is 0.214. The lowest BCUT2D eigenvalue weighted by molar-refractivity contribution is 0.0696. The molecule has 2 N–H and O–H groups in total. The van der Waals surface area contributed by atoms with Crippen molar-refractivity contribution in [3.05, 3.63) is 41.7 Å². The molecule has 0 saturated carbocycles. The van der Waals surface area contributed by atoms with Crippen molar-refractivity contribution in [1.82, 2.24) is 9.97 Å². The van der Waals surface area contributed by atoms with Crippen LogP contribution in [0.5, 0.6) is 5.88 Å². The van der Waals surface area contributed by atoms with E-state index >= 15 is 0 Å². The molecule has 0 unspecified atom stereocenters. The van der Waals surface area contributed by atoms with Crippen LogP contribution in [0.4, 0.5) is 11.5 Å². The molecule has 1 heterocycles. The van der Waals surface area contributed by atoms with E-state index in [0.717, 1.165) is 5.69 Å². The van der Waals surface area contributed by atoms with Gasteiger partial charge in [0, 0.05) is 11.8 Å². The van der Waals surface area contributed by atoms with Gasteiger partial charge in [0.15, 0.2) is 0 Å². The Morgan fingerprint density at radius 2 is 2.15 bits per heavy atom. The summed E-state index contributed by atoms with van der Waals surface area (Å²) in [4.78, 5) is 19.0. The summed E-state index contributed by atoms with van der Waals surface area (Å²) in [5, 5.41) is 12.1. The Morgan fingerprint density at radius 3 is 2.80 bits per heavy atom. The predicted octanol–water partition coefficient (Wildman–Crippen LogP) is 2.63. The smallest absolute Gasteiger partial charge is 0.335 e. The topological polar surface area (TPSA) is 84.3 Å². The maximum Gasteiger partial charge on any atom is 0.335 e. The van der Waals surface area contributed by atoms with Crippen LogP contribution in [-0.4, -0.2) is 27.7 Å². The second-order valence-electron chi connectivity index (χ2n) is 4.13. The summed E-state index contributed by atoms with van der Waals surface area (Å²) in [6.07, 6.45) is 1.41. The van der Waals surface area contributed by atoms with Gasteiger partial charge in [0.2, 0.25) is 5.88 Å². The highest BCUT2D eigenvalue weighted by Gasteiger charge is 2.07. The molecule has 0 spiro atoms. The van der Waals surface area contributed by atoms with E-state index in [0.29, 0.717) is 23.9 Å². The van der Waals surface area contributed by atoms with Crippen molar-refractivity contribution < 1.29 is 14.6 Å². The molecule has 1 aromatic heterocycles. The molecule has 104 valence electrons. The number of ether oxygens (including phenoxy) is 1. The van der Waals surface area contributed by atoms with Gasteiger partial charge >= 0.3 is 5.97 Å². The minimum Gasteiger partial charge on any atom is -0.478 e. The van der Waals surface area contributed by atoms with Crippen molar-refractivity contribution >= 4 is 17.5 Å². The number of carbonyl (C=O) groups is 1. The first kappa shape index (κ1) is 13.8. The molecule has 2 aromatic rings. The largest absolute Gasteiger partial charge is 0.478 e. The van der Waals surface area contributed by atoms with Crippen molar-refractivity contribution in [1.29, 1.82) is 0 Å². The summed E-state index contributed by atoms with van der Waals surface area (Å²) in [5.74, 6) is 0.143. The molecule has 0 aliphatic carbocycles. The summed E-state index contributed by atoms with van der Waals surface area (Å²) in [7, 11) is 0. The van der Waals surface area contributed by atoms with Crippen molar-refractivity contribution in [3.8, 4) is 5.88 Å². The third-order valence-electron chi connectivity index (χ3n) is 2.66. The highest BCUT2D eigenvalue weighted by atomic mass is 16.5. The number of rotatable bonds is 5. The normalized spacial score (nSPS) is 10.1. The number of aryl methyl sites for hydroxylation is 1. The molecule has 0 radical (unpaired) electrons. The van der Waals surface area contributed by atoms with Crippen LogP contribution in [0.3, 0.4) is 0 Å². The molecule has 1 aromatic carbocycles. The summed E-state index contributed by atoms with van der Waals surface area (Å²) in [6.45, 7) is 4.16. The van der Waals surface area contributed by atoms with Crippen molar-refractivity contribution in [3.63, 3.8) is 0 Å². The molecule has 0 saturated heterocycles. The highest BCUT2D eigenvalue weighted by Crippen LogP contribution is 2.20. The van der Waals surface area contributed by atoms with Gasteiger partial charge in [-0.3, -0.25) is 0 Å². The number of carboxylic acids is 1. The quantitative estimate of drug-likeness (QED) is 0.871. The number of carboxylic acid groups (broad SMARTS) is 1. The average molecular weight is 273 g/mol. The van der Waals surface area contributed by atoms with Gasteiger partial charge in [0.25, 0.3) is 0 Å². The molecule has 0 aliphatic rings. The maximum atomic E-state index is 11.0. The standard InChI is InChI=1S/C14H15N3O3/c1-3-20-13-7-12(15-8-16-13)17-10-4-5-11(14(18)19)9(2)6-10/h4-8H,3H2,1-2H3,(H,18,19)(H,15,16,17). The van der Waals surface area contributed by atoms with Crippen LogP contribution < -0.4 is 10.1 Å². The van der Waals surface area contributed by atoms with Gasteiger partial charge in [-0.25, -0.2) is 14.8 Å². The summed E-state index contributed by atoms with van der Waals surface area (Å²) >= 11 is 0. The fourth-order valence-electron chi connectivity index (χ4n) is 1.76. The number of hydrogen-bond acceptors (Lipinski definition) is 5. The number of nitrogens with zero attached hydrogens (tertiary/aromatic N) is 2. The molecule has 0 aliphatic heterocycles. The highest BCUT2D eigenvalue weighted by molar-refractivity contribution is 5.90. The molecule has 6 heteroatoms. The van der Waals surface area contributed by atoms with Crippen LogP contribution in [0, 0.1) is 6.92 Å². The molecular weight excluding hydrogens is 258 g/mol. The number of nitrogens with one attached hydrogen (secondary N) is 1. The van der Waals surface area contributed by atoms with Gasteiger partial charge in [-0.2, -0.15) is 0 Å². The van der Waals surface area contributed by atoms with Crippen molar-refractivity contribution in [2.75, 3.05) is 11.9 Å². The van der Waals surface area contributed by atoms with Gasteiger partial charge in [0.1, 0.15) is 12.1 Å². The van der Waals surface area contributed by atoms with E-state index in [1.54, 1.807) is 31.2 Å². The minimum atomic E-state index is -0.935. The Hall–Kier alpha value is -2.63. The van der Waals surface area contributed by atoms with Gasteiger partial charge in [-0.15, -0.1) is 0 Å². The van der Waals surface area contributed by atoms with E-state index in [1.807, 2.05) is 6.92 Å². The Morgan fingerprint density at radius 1 is 1.35 bits per heavy atom. The number of aromatic carboxylic acids is 1. The van der Waals surface area contributed by atoms with Crippen LogP contribution in [0.15, 0.2) is 30.6 Å². The molecule has 0 bridgehead atoms. The van der Waals surface area contributed by atoms with Crippen LogP contribution in [0.1, 0.15) is 22.8 Å². The number of hydrogen-bond donors (Lipinski definition) is 2. The summed E-state index contributed by atoms with van der Waals surface area (Å²) in [5.41, 5.74) is 1.73. The molecule has 20 heavy (non-hydrogen) atoms. The van der Waals surface area contributed by atoms with Gasteiger partial charge < -0.3 is 15.2 Å². The van der Waals surface area contributed by atoms with E-state index < -0.39 is 5.97 Å². The molecule has 0 amide bonds. The van der Waals surface area contributed by atoms with Crippen LogP contribution in [0.2, 0.25) is 0 Å². The third kappa shape index (κ3) is 3.23. The maximum absolute atomic E-state index is 11.0. The Labute approximate surface area is 116 Å². The fourth-order valence-corrected chi connectivity index (χ4v) is 1.76. The number of anilines is 2.